The van der Waals surface area contributed by atoms with Crippen molar-refractivity contribution in [2.24, 2.45) is 11.8 Å². The van der Waals surface area contributed by atoms with Crippen LogP contribution in [0, 0.1) is 11.8 Å². The number of hydrogen-bond donors (Lipinski definition) is 2. The fourth-order valence-corrected chi connectivity index (χ4v) is 2.74. The van der Waals surface area contributed by atoms with Crippen molar-refractivity contribution in [3.8, 4) is 0 Å². The zero-order valence-electron chi connectivity index (χ0n) is 11.5. The molecule has 0 bridgehead atoms. The Kier molecular flexibility index (Phi) is 5.16. The van der Waals surface area contributed by atoms with Crippen LogP contribution in [-0.4, -0.2) is 23.5 Å². The second kappa shape index (κ2) is 7.08. The first-order valence-electron chi connectivity index (χ1n) is 7.21. The van der Waals surface area contributed by atoms with Crippen LogP contribution in [0.4, 0.5) is 0 Å². The number of nitrogens with one attached hydrogen (secondary N) is 1. The first kappa shape index (κ1) is 14.6. The van der Waals surface area contributed by atoms with E-state index in [4.69, 9.17) is 5.11 Å². The highest BCUT2D eigenvalue weighted by Gasteiger charge is 2.33. The second-order valence-corrected chi connectivity index (χ2v) is 5.43. The third-order valence-corrected chi connectivity index (χ3v) is 3.94. The SMILES string of the molecule is O=C(O)C1CCC(C(=O)NCCCc2ccccc2)C1. The van der Waals surface area contributed by atoms with Crippen LogP contribution >= 0.6 is 0 Å². The van der Waals surface area contributed by atoms with Gasteiger partial charge < -0.3 is 10.4 Å². The summed E-state index contributed by atoms with van der Waals surface area (Å²) in [6, 6.07) is 10.2. The quantitative estimate of drug-likeness (QED) is 0.782. The van der Waals surface area contributed by atoms with Crippen LogP contribution in [0.5, 0.6) is 0 Å². The molecule has 108 valence electrons. The largest absolute Gasteiger partial charge is 0.481 e. The highest BCUT2D eigenvalue weighted by Crippen LogP contribution is 2.31. The topological polar surface area (TPSA) is 66.4 Å². The van der Waals surface area contributed by atoms with Gasteiger partial charge in [0.05, 0.1) is 5.92 Å². The molecule has 0 aliphatic heterocycles. The molecule has 1 saturated carbocycles. The molecular weight excluding hydrogens is 254 g/mol. The summed E-state index contributed by atoms with van der Waals surface area (Å²) in [7, 11) is 0. The van der Waals surface area contributed by atoms with Crippen molar-refractivity contribution < 1.29 is 14.7 Å². The van der Waals surface area contributed by atoms with Crippen LogP contribution in [0.15, 0.2) is 30.3 Å². The maximum atomic E-state index is 11.9. The summed E-state index contributed by atoms with van der Waals surface area (Å²) in [5, 5.41) is 11.8. The molecule has 0 spiro atoms. The third-order valence-electron chi connectivity index (χ3n) is 3.94. The van der Waals surface area contributed by atoms with Gasteiger partial charge in [-0.1, -0.05) is 30.3 Å². The van der Waals surface area contributed by atoms with Gasteiger partial charge in [0.25, 0.3) is 0 Å². The Morgan fingerprint density at radius 2 is 1.85 bits per heavy atom. The number of amides is 1. The average Bonchev–Trinajstić information content (AvgIpc) is 2.94. The number of aryl methyl sites for hydroxylation is 1. The van der Waals surface area contributed by atoms with Crippen molar-refractivity contribution in [3.05, 3.63) is 35.9 Å². The standard InChI is InChI=1S/C16H21NO3/c18-15(13-8-9-14(11-13)16(19)20)17-10-4-7-12-5-2-1-3-6-12/h1-3,5-6,13-14H,4,7-11H2,(H,17,18)(H,19,20). The van der Waals surface area contributed by atoms with Crippen LogP contribution in [0.2, 0.25) is 0 Å². The highest BCUT2D eigenvalue weighted by molar-refractivity contribution is 5.80. The Labute approximate surface area is 119 Å². The number of carboxylic acid groups (broad SMARTS) is 1. The van der Waals surface area contributed by atoms with Gasteiger partial charge in [-0.3, -0.25) is 9.59 Å². The molecular formula is C16H21NO3. The Morgan fingerprint density at radius 1 is 1.15 bits per heavy atom. The number of hydrogen-bond acceptors (Lipinski definition) is 2. The molecule has 0 radical (unpaired) electrons. The Morgan fingerprint density at radius 3 is 2.50 bits per heavy atom. The lowest BCUT2D eigenvalue weighted by Gasteiger charge is -2.10. The van der Waals surface area contributed by atoms with Crippen LogP contribution in [0.25, 0.3) is 0 Å². The summed E-state index contributed by atoms with van der Waals surface area (Å²) in [5.74, 6) is -1.21. The first-order valence-corrected chi connectivity index (χ1v) is 7.21. The molecule has 2 N–H and O–H groups in total. The minimum absolute atomic E-state index is 0.0156. The lowest BCUT2D eigenvalue weighted by atomic mass is 10.0. The van der Waals surface area contributed by atoms with Crippen LogP contribution in [0.1, 0.15) is 31.2 Å². The predicted octanol–water partition coefficient (Wildman–Crippen LogP) is 2.24. The molecule has 4 heteroatoms. The molecule has 20 heavy (non-hydrogen) atoms. The summed E-state index contributed by atoms with van der Waals surface area (Å²) in [4.78, 5) is 22.8. The molecule has 1 aromatic rings. The van der Waals surface area contributed by atoms with E-state index in [1.807, 2.05) is 18.2 Å². The van der Waals surface area contributed by atoms with Crippen molar-refractivity contribution in [1.29, 1.82) is 0 Å². The lowest BCUT2D eigenvalue weighted by Crippen LogP contribution is -2.30. The zero-order valence-corrected chi connectivity index (χ0v) is 11.5. The van der Waals surface area contributed by atoms with Gasteiger partial charge in [-0.15, -0.1) is 0 Å². The molecule has 1 fully saturated rings. The number of benzene rings is 1. The van der Waals surface area contributed by atoms with Crippen LogP contribution in [-0.2, 0) is 16.0 Å². The lowest BCUT2D eigenvalue weighted by molar-refractivity contribution is -0.141. The van der Waals surface area contributed by atoms with E-state index in [9.17, 15) is 9.59 Å². The van der Waals surface area contributed by atoms with Crippen molar-refractivity contribution in [2.75, 3.05) is 6.54 Å². The summed E-state index contributed by atoms with van der Waals surface area (Å²) in [6.45, 7) is 0.655. The highest BCUT2D eigenvalue weighted by atomic mass is 16.4. The van der Waals surface area contributed by atoms with Gasteiger partial charge in [0, 0.05) is 12.5 Å². The fraction of sp³-hybridized carbons (Fsp3) is 0.500. The number of carbonyl (C=O) groups is 2. The number of carbonyl (C=O) groups excluding carboxylic acids is 1. The first-order chi connectivity index (χ1) is 9.66. The monoisotopic (exact) mass is 275 g/mol. The Hall–Kier alpha value is -1.84. The molecule has 2 rings (SSSR count). The number of rotatable bonds is 6. The molecule has 1 aromatic carbocycles. The van der Waals surface area contributed by atoms with Crippen molar-refractivity contribution in [1.82, 2.24) is 5.32 Å². The molecule has 1 aliphatic carbocycles. The normalized spacial score (nSPS) is 21.6. The smallest absolute Gasteiger partial charge is 0.306 e. The van der Waals surface area contributed by atoms with Crippen LogP contribution in [0.3, 0.4) is 0 Å². The van der Waals surface area contributed by atoms with Crippen molar-refractivity contribution in [2.45, 2.75) is 32.1 Å². The number of aliphatic carboxylic acids is 1. The van der Waals surface area contributed by atoms with E-state index < -0.39 is 5.97 Å². The van der Waals surface area contributed by atoms with Gasteiger partial charge in [-0.05, 0) is 37.7 Å². The fourth-order valence-electron chi connectivity index (χ4n) is 2.74. The van der Waals surface area contributed by atoms with E-state index in [-0.39, 0.29) is 17.7 Å². The van der Waals surface area contributed by atoms with Gasteiger partial charge >= 0.3 is 5.97 Å². The van der Waals surface area contributed by atoms with E-state index in [0.29, 0.717) is 25.8 Å². The van der Waals surface area contributed by atoms with Crippen LogP contribution < -0.4 is 5.32 Å². The molecule has 1 amide bonds. The van der Waals surface area contributed by atoms with Gasteiger partial charge in [0.2, 0.25) is 5.91 Å². The molecule has 0 saturated heterocycles. The molecule has 2 unspecified atom stereocenters. The minimum atomic E-state index is -0.774. The van der Waals surface area contributed by atoms with E-state index in [0.717, 1.165) is 12.8 Å². The second-order valence-electron chi connectivity index (χ2n) is 5.43. The Balaban J connectivity index is 1.65. The van der Waals surface area contributed by atoms with Crippen molar-refractivity contribution in [3.63, 3.8) is 0 Å². The zero-order chi connectivity index (χ0) is 14.4. The van der Waals surface area contributed by atoms with E-state index in [1.165, 1.54) is 5.56 Å². The maximum absolute atomic E-state index is 11.9. The average molecular weight is 275 g/mol. The summed E-state index contributed by atoms with van der Waals surface area (Å²) >= 11 is 0. The van der Waals surface area contributed by atoms with Crippen molar-refractivity contribution >= 4 is 11.9 Å². The van der Waals surface area contributed by atoms with Gasteiger partial charge in [-0.25, -0.2) is 0 Å². The van der Waals surface area contributed by atoms with E-state index in [1.54, 1.807) is 0 Å². The molecule has 0 aromatic heterocycles. The number of carboxylic acids is 1. The summed E-state index contributed by atoms with van der Waals surface area (Å²) in [6.07, 6.45) is 3.66. The maximum Gasteiger partial charge on any atom is 0.306 e. The van der Waals surface area contributed by atoms with E-state index >= 15 is 0 Å². The third kappa shape index (κ3) is 4.08. The minimum Gasteiger partial charge on any atom is -0.481 e. The molecule has 0 heterocycles. The summed E-state index contributed by atoms with van der Waals surface area (Å²) < 4.78 is 0. The van der Waals surface area contributed by atoms with Gasteiger partial charge in [-0.2, -0.15) is 0 Å². The van der Waals surface area contributed by atoms with Gasteiger partial charge in [0.1, 0.15) is 0 Å². The summed E-state index contributed by atoms with van der Waals surface area (Å²) in [5.41, 5.74) is 1.27. The molecule has 2 atom stereocenters. The molecule has 4 nitrogen and oxygen atoms in total. The predicted molar refractivity (Wildman–Crippen MR) is 76.2 cm³/mol. The van der Waals surface area contributed by atoms with E-state index in [2.05, 4.69) is 17.4 Å². The van der Waals surface area contributed by atoms with Gasteiger partial charge in [0.15, 0.2) is 0 Å². The molecule has 1 aliphatic rings. The Bertz CT molecular complexity index is 458.